The van der Waals surface area contributed by atoms with Crippen LogP contribution >= 0.6 is 0 Å². The van der Waals surface area contributed by atoms with E-state index in [4.69, 9.17) is 0 Å². The molecule has 4 heteroatoms. The van der Waals surface area contributed by atoms with Crippen LogP contribution in [0.4, 0.5) is 11.5 Å². The second-order valence-corrected chi connectivity index (χ2v) is 6.57. The molecule has 0 bridgehead atoms. The molecule has 1 N–H and O–H groups in total. The standard InChI is InChI=1S/C17H25N3O/c1-13-5-4-10-20(12-13)16-9-8-15(11-18-16)19-17(21)14-6-2-3-7-14/h8-9,11,13-14H,2-7,10,12H2,1H3,(H,19,21). The first-order valence-electron chi connectivity index (χ1n) is 8.24. The Hall–Kier alpha value is -1.58. The van der Waals surface area contributed by atoms with Crippen LogP contribution in [0.2, 0.25) is 0 Å². The first-order valence-corrected chi connectivity index (χ1v) is 8.24. The number of carbonyl (C=O) groups is 1. The fourth-order valence-electron chi connectivity index (χ4n) is 3.48. The minimum absolute atomic E-state index is 0.161. The molecule has 2 aliphatic rings. The Morgan fingerprint density at radius 3 is 2.71 bits per heavy atom. The van der Waals surface area contributed by atoms with E-state index in [9.17, 15) is 4.79 Å². The molecule has 3 rings (SSSR count). The summed E-state index contributed by atoms with van der Waals surface area (Å²) in [5, 5.41) is 3.00. The first-order chi connectivity index (χ1) is 10.2. The number of pyridine rings is 1. The van der Waals surface area contributed by atoms with Crippen molar-refractivity contribution in [2.45, 2.75) is 45.4 Å². The molecule has 1 atom stereocenters. The lowest BCUT2D eigenvalue weighted by Gasteiger charge is -2.31. The number of hydrogen-bond donors (Lipinski definition) is 1. The number of piperidine rings is 1. The predicted octanol–water partition coefficient (Wildman–Crippen LogP) is 3.45. The number of hydrogen-bond acceptors (Lipinski definition) is 3. The fraction of sp³-hybridized carbons (Fsp3) is 0.647. The molecule has 0 spiro atoms. The molecule has 0 aromatic carbocycles. The molecule has 1 unspecified atom stereocenters. The summed E-state index contributed by atoms with van der Waals surface area (Å²) in [7, 11) is 0. The smallest absolute Gasteiger partial charge is 0.227 e. The van der Waals surface area contributed by atoms with Gasteiger partial charge in [0, 0.05) is 19.0 Å². The van der Waals surface area contributed by atoms with Crippen molar-refractivity contribution in [2.75, 3.05) is 23.3 Å². The third-order valence-electron chi connectivity index (χ3n) is 4.72. The summed E-state index contributed by atoms with van der Waals surface area (Å²) in [4.78, 5) is 19.0. The number of amides is 1. The zero-order valence-electron chi connectivity index (χ0n) is 12.8. The van der Waals surface area contributed by atoms with E-state index < -0.39 is 0 Å². The van der Waals surface area contributed by atoms with Crippen LogP contribution in [0.15, 0.2) is 18.3 Å². The monoisotopic (exact) mass is 287 g/mol. The van der Waals surface area contributed by atoms with E-state index in [-0.39, 0.29) is 11.8 Å². The van der Waals surface area contributed by atoms with Crippen molar-refractivity contribution >= 4 is 17.4 Å². The normalized spacial score (nSPS) is 23.3. The van der Waals surface area contributed by atoms with Crippen LogP contribution in [0, 0.1) is 11.8 Å². The van der Waals surface area contributed by atoms with Gasteiger partial charge >= 0.3 is 0 Å². The third-order valence-corrected chi connectivity index (χ3v) is 4.72. The van der Waals surface area contributed by atoms with Gasteiger partial charge in [0.05, 0.1) is 11.9 Å². The van der Waals surface area contributed by atoms with E-state index >= 15 is 0 Å². The van der Waals surface area contributed by atoms with Crippen LogP contribution < -0.4 is 10.2 Å². The molecular weight excluding hydrogens is 262 g/mol. The number of nitrogens with one attached hydrogen (secondary N) is 1. The number of anilines is 2. The minimum Gasteiger partial charge on any atom is -0.356 e. The zero-order valence-corrected chi connectivity index (χ0v) is 12.8. The summed E-state index contributed by atoms with van der Waals surface area (Å²) in [6, 6.07) is 4.01. The van der Waals surface area contributed by atoms with Crippen molar-refractivity contribution in [3.63, 3.8) is 0 Å². The van der Waals surface area contributed by atoms with E-state index in [0.717, 1.165) is 43.4 Å². The summed E-state index contributed by atoms with van der Waals surface area (Å²) in [6.07, 6.45) is 8.77. The summed E-state index contributed by atoms with van der Waals surface area (Å²) < 4.78 is 0. The molecule has 1 aromatic heterocycles. The zero-order chi connectivity index (χ0) is 14.7. The molecule has 2 heterocycles. The van der Waals surface area contributed by atoms with Crippen LogP contribution in [0.1, 0.15) is 45.4 Å². The lowest BCUT2D eigenvalue weighted by Crippen LogP contribution is -2.34. The summed E-state index contributed by atoms with van der Waals surface area (Å²) >= 11 is 0. The van der Waals surface area contributed by atoms with E-state index in [2.05, 4.69) is 22.1 Å². The van der Waals surface area contributed by atoms with Crippen LogP contribution in [-0.4, -0.2) is 24.0 Å². The van der Waals surface area contributed by atoms with Crippen molar-refractivity contribution in [1.29, 1.82) is 0 Å². The second-order valence-electron chi connectivity index (χ2n) is 6.57. The number of nitrogens with zero attached hydrogens (tertiary/aromatic N) is 2. The van der Waals surface area contributed by atoms with Crippen LogP contribution in [0.3, 0.4) is 0 Å². The van der Waals surface area contributed by atoms with Crippen molar-refractivity contribution < 1.29 is 4.79 Å². The quantitative estimate of drug-likeness (QED) is 0.926. The third kappa shape index (κ3) is 3.55. The van der Waals surface area contributed by atoms with Gasteiger partial charge in [-0.15, -0.1) is 0 Å². The van der Waals surface area contributed by atoms with Gasteiger partial charge in [0.1, 0.15) is 5.82 Å². The maximum Gasteiger partial charge on any atom is 0.227 e. The molecule has 4 nitrogen and oxygen atoms in total. The maximum atomic E-state index is 12.1. The highest BCUT2D eigenvalue weighted by Gasteiger charge is 2.23. The fourth-order valence-corrected chi connectivity index (χ4v) is 3.48. The van der Waals surface area contributed by atoms with Crippen molar-refractivity contribution in [3.8, 4) is 0 Å². The highest BCUT2D eigenvalue weighted by atomic mass is 16.1. The number of aromatic nitrogens is 1. The Balaban J connectivity index is 1.59. The molecule has 21 heavy (non-hydrogen) atoms. The summed E-state index contributed by atoms with van der Waals surface area (Å²) in [5.41, 5.74) is 0.820. The highest BCUT2D eigenvalue weighted by Crippen LogP contribution is 2.26. The Bertz CT molecular complexity index is 479. The van der Waals surface area contributed by atoms with Crippen LogP contribution in [-0.2, 0) is 4.79 Å². The van der Waals surface area contributed by atoms with E-state index in [1.54, 1.807) is 6.20 Å². The predicted molar refractivity (Wildman–Crippen MR) is 85.4 cm³/mol. The highest BCUT2D eigenvalue weighted by molar-refractivity contribution is 5.92. The van der Waals surface area contributed by atoms with Gasteiger partial charge in [-0.25, -0.2) is 4.98 Å². The summed E-state index contributed by atoms with van der Waals surface area (Å²) in [6.45, 7) is 4.47. The van der Waals surface area contributed by atoms with Gasteiger partial charge in [-0.1, -0.05) is 19.8 Å². The summed E-state index contributed by atoms with van der Waals surface area (Å²) in [5.74, 6) is 2.13. The van der Waals surface area contributed by atoms with E-state index in [0.29, 0.717) is 0 Å². The SMILES string of the molecule is CC1CCCN(c2ccc(NC(=O)C3CCCC3)cn2)C1. The average Bonchev–Trinajstić information content (AvgIpc) is 3.02. The van der Waals surface area contributed by atoms with Gasteiger partial charge in [-0.2, -0.15) is 0 Å². The van der Waals surface area contributed by atoms with E-state index in [1.807, 2.05) is 12.1 Å². The number of carbonyl (C=O) groups excluding carboxylic acids is 1. The minimum atomic E-state index is 0.161. The molecule has 114 valence electrons. The lowest BCUT2D eigenvalue weighted by molar-refractivity contribution is -0.119. The molecule has 2 fully saturated rings. The van der Waals surface area contributed by atoms with Gasteiger partial charge in [-0.05, 0) is 43.7 Å². The Kier molecular flexibility index (Phi) is 4.42. The van der Waals surface area contributed by atoms with Gasteiger partial charge in [-0.3, -0.25) is 4.79 Å². The van der Waals surface area contributed by atoms with Crippen molar-refractivity contribution in [1.82, 2.24) is 4.98 Å². The number of rotatable bonds is 3. The second kappa shape index (κ2) is 6.46. The van der Waals surface area contributed by atoms with Gasteiger partial charge in [0.15, 0.2) is 0 Å². The van der Waals surface area contributed by atoms with Gasteiger partial charge < -0.3 is 10.2 Å². The van der Waals surface area contributed by atoms with Gasteiger partial charge in [0.2, 0.25) is 5.91 Å². The molecular formula is C17H25N3O. The Morgan fingerprint density at radius 2 is 2.05 bits per heavy atom. The Labute approximate surface area is 126 Å². The average molecular weight is 287 g/mol. The first kappa shape index (κ1) is 14.4. The van der Waals surface area contributed by atoms with Crippen LogP contribution in [0.5, 0.6) is 0 Å². The molecule has 1 amide bonds. The van der Waals surface area contributed by atoms with Gasteiger partial charge in [0.25, 0.3) is 0 Å². The molecule has 1 aliphatic carbocycles. The largest absolute Gasteiger partial charge is 0.356 e. The Morgan fingerprint density at radius 1 is 1.24 bits per heavy atom. The molecule has 0 radical (unpaired) electrons. The van der Waals surface area contributed by atoms with Crippen LogP contribution in [0.25, 0.3) is 0 Å². The topological polar surface area (TPSA) is 45.2 Å². The van der Waals surface area contributed by atoms with Crippen molar-refractivity contribution in [3.05, 3.63) is 18.3 Å². The van der Waals surface area contributed by atoms with E-state index in [1.165, 1.54) is 25.7 Å². The van der Waals surface area contributed by atoms with Crippen molar-refractivity contribution in [2.24, 2.45) is 11.8 Å². The molecule has 1 aliphatic heterocycles. The molecule has 1 saturated heterocycles. The lowest BCUT2D eigenvalue weighted by atomic mass is 10.0. The molecule has 1 saturated carbocycles. The molecule has 1 aromatic rings. The maximum absolute atomic E-state index is 12.1.